The molecular weight excluding hydrogens is 308 g/mol. The zero-order chi connectivity index (χ0) is 13.1. The minimum atomic E-state index is -0.911. The number of nitrogens with one attached hydrogen (secondary N) is 1. The van der Waals surface area contributed by atoms with Crippen LogP contribution in [0.2, 0.25) is 0 Å². The molecule has 0 aliphatic rings. The Bertz CT molecular complexity index is 580. The fraction of sp³-hybridized carbons (Fsp3) is 0. The highest BCUT2D eigenvalue weighted by molar-refractivity contribution is 9.10. The van der Waals surface area contributed by atoms with Gasteiger partial charge in [-0.2, -0.15) is 4.98 Å². The Labute approximate surface area is 110 Å². The highest BCUT2D eigenvalue weighted by atomic mass is 79.9. The first-order valence-electron chi connectivity index (χ1n) is 4.86. The Morgan fingerprint density at radius 1 is 1.22 bits per heavy atom. The van der Waals surface area contributed by atoms with Crippen molar-refractivity contribution in [3.63, 3.8) is 0 Å². The number of nitrogens with zero attached hydrogens (tertiary/aromatic N) is 1. The Balaban J connectivity index is 2.34. The molecule has 2 rings (SSSR count). The van der Waals surface area contributed by atoms with Crippen LogP contribution in [0.1, 0.15) is 0 Å². The van der Waals surface area contributed by atoms with Gasteiger partial charge in [0.1, 0.15) is 5.75 Å². The monoisotopic (exact) mass is 315 g/mol. The molecule has 94 valence electrons. The lowest BCUT2D eigenvalue weighted by Crippen LogP contribution is -2.11. The normalized spacial score (nSPS) is 10.2. The van der Waals surface area contributed by atoms with E-state index in [1.54, 1.807) is 24.3 Å². The molecule has 1 aromatic carbocycles. The molecule has 18 heavy (non-hydrogen) atoms. The molecular formula is C11H8BrF2N3O. The smallest absolute Gasteiger partial charge is 0.258 e. The first kappa shape index (κ1) is 12.7. The second kappa shape index (κ2) is 5.28. The lowest BCUT2D eigenvalue weighted by atomic mass is 10.3. The molecule has 0 fully saturated rings. The molecule has 0 saturated carbocycles. The minimum Gasteiger partial charge on any atom is -0.436 e. The van der Waals surface area contributed by atoms with Crippen LogP contribution in [0.15, 0.2) is 34.8 Å². The molecule has 0 unspecified atom stereocenters. The molecule has 0 aliphatic heterocycles. The molecule has 0 bridgehead atoms. The summed E-state index contributed by atoms with van der Waals surface area (Å²) in [6.07, 6.45) is 0. The first-order chi connectivity index (χ1) is 8.60. The molecule has 1 aromatic heterocycles. The number of aromatic nitrogens is 1. The van der Waals surface area contributed by atoms with E-state index in [0.29, 0.717) is 11.8 Å². The van der Waals surface area contributed by atoms with E-state index < -0.39 is 11.6 Å². The van der Waals surface area contributed by atoms with E-state index in [-0.39, 0.29) is 11.7 Å². The van der Waals surface area contributed by atoms with Gasteiger partial charge in [-0.05, 0) is 18.2 Å². The Kier molecular flexibility index (Phi) is 3.73. The van der Waals surface area contributed by atoms with Crippen molar-refractivity contribution in [2.75, 3.05) is 5.43 Å². The number of anilines is 1. The number of pyridine rings is 1. The molecule has 1 heterocycles. The summed E-state index contributed by atoms with van der Waals surface area (Å²) >= 11 is 3.25. The van der Waals surface area contributed by atoms with E-state index in [0.717, 1.165) is 4.47 Å². The first-order valence-corrected chi connectivity index (χ1v) is 5.65. The van der Waals surface area contributed by atoms with Gasteiger partial charge in [0, 0.05) is 10.5 Å². The summed E-state index contributed by atoms with van der Waals surface area (Å²) in [7, 11) is 0. The van der Waals surface area contributed by atoms with Crippen molar-refractivity contribution in [2.24, 2.45) is 5.84 Å². The van der Waals surface area contributed by atoms with Crippen LogP contribution in [0, 0.1) is 11.6 Å². The van der Waals surface area contributed by atoms with E-state index in [1.807, 2.05) is 5.43 Å². The third-order valence-corrected chi connectivity index (χ3v) is 2.54. The molecule has 4 nitrogen and oxygen atoms in total. The molecule has 0 spiro atoms. The Morgan fingerprint density at radius 2 is 2.00 bits per heavy atom. The van der Waals surface area contributed by atoms with Crippen LogP contribution in [0.5, 0.6) is 11.6 Å². The van der Waals surface area contributed by atoms with Gasteiger partial charge in [-0.3, -0.25) is 0 Å². The van der Waals surface area contributed by atoms with Crippen molar-refractivity contribution < 1.29 is 13.5 Å². The summed E-state index contributed by atoms with van der Waals surface area (Å²) < 4.78 is 32.5. The summed E-state index contributed by atoms with van der Waals surface area (Å²) in [5.74, 6) is 2.96. The van der Waals surface area contributed by atoms with Gasteiger partial charge in [0.25, 0.3) is 5.88 Å². The molecule has 0 radical (unpaired) electrons. The average Bonchev–Trinajstić information content (AvgIpc) is 2.33. The molecule has 3 N–H and O–H groups in total. The van der Waals surface area contributed by atoms with Gasteiger partial charge < -0.3 is 10.2 Å². The second-order valence-corrected chi connectivity index (χ2v) is 4.23. The molecule has 7 heteroatoms. The number of hydrogen-bond donors (Lipinski definition) is 2. The lowest BCUT2D eigenvalue weighted by Gasteiger charge is -2.08. The number of halogens is 3. The summed E-state index contributed by atoms with van der Waals surface area (Å²) in [4.78, 5) is 3.59. The van der Waals surface area contributed by atoms with Crippen LogP contribution >= 0.6 is 15.9 Å². The maximum atomic E-state index is 13.4. The quantitative estimate of drug-likeness (QED) is 0.674. The van der Waals surface area contributed by atoms with Gasteiger partial charge >= 0.3 is 0 Å². The average molecular weight is 316 g/mol. The highest BCUT2D eigenvalue weighted by Gasteiger charge is 2.13. The largest absolute Gasteiger partial charge is 0.436 e. The second-order valence-electron chi connectivity index (χ2n) is 3.31. The van der Waals surface area contributed by atoms with E-state index in [9.17, 15) is 8.78 Å². The molecule has 0 amide bonds. The number of nitrogen functional groups attached to an aromatic ring is 1. The number of hydrazine groups is 1. The fourth-order valence-electron chi connectivity index (χ4n) is 1.26. The molecule has 2 aromatic rings. The predicted octanol–water partition coefficient (Wildman–Crippen LogP) is 3.20. The van der Waals surface area contributed by atoms with Gasteiger partial charge in [-0.25, -0.2) is 14.6 Å². The van der Waals surface area contributed by atoms with Crippen LogP contribution < -0.4 is 16.0 Å². The maximum absolute atomic E-state index is 13.4. The summed E-state index contributed by atoms with van der Waals surface area (Å²) in [5, 5.41) is 0. The minimum absolute atomic E-state index is 0.290. The summed E-state index contributed by atoms with van der Waals surface area (Å²) in [5.41, 5.74) is 2.02. The van der Waals surface area contributed by atoms with E-state index >= 15 is 0 Å². The maximum Gasteiger partial charge on any atom is 0.258 e. The van der Waals surface area contributed by atoms with E-state index in [4.69, 9.17) is 10.6 Å². The predicted molar refractivity (Wildman–Crippen MR) is 66.2 cm³/mol. The topological polar surface area (TPSA) is 60.2 Å². The zero-order valence-electron chi connectivity index (χ0n) is 8.95. The van der Waals surface area contributed by atoms with Crippen molar-refractivity contribution >= 4 is 21.7 Å². The van der Waals surface area contributed by atoms with Crippen molar-refractivity contribution in [3.8, 4) is 11.6 Å². The Morgan fingerprint density at radius 3 is 2.67 bits per heavy atom. The summed E-state index contributed by atoms with van der Waals surface area (Å²) in [6.45, 7) is 0. The van der Waals surface area contributed by atoms with Crippen LogP contribution in [0.25, 0.3) is 0 Å². The van der Waals surface area contributed by atoms with E-state index in [1.165, 1.54) is 0 Å². The van der Waals surface area contributed by atoms with Crippen molar-refractivity contribution in [3.05, 3.63) is 46.4 Å². The van der Waals surface area contributed by atoms with Crippen molar-refractivity contribution in [1.29, 1.82) is 0 Å². The van der Waals surface area contributed by atoms with Crippen LogP contribution in [-0.4, -0.2) is 4.98 Å². The van der Waals surface area contributed by atoms with Gasteiger partial charge in [-0.15, -0.1) is 0 Å². The molecule has 0 saturated heterocycles. The third kappa shape index (κ3) is 2.74. The molecule has 0 atom stereocenters. The number of hydrogen-bond acceptors (Lipinski definition) is 4. The van der Waals surface area contributed by atoms with Gasteiger partial charge in [-0.1, -0.05) is 22.0 Å². The number of ether oxygens (including phenoxy) is 1. The highest BCUT2D eigenvalue weighted by Crippen LogP contribution is 2.27. The fourth-order valence-corrected chi connectivity index (χ4v) is 1.64. The number of nitrogens with two attached hydrogens (primary N) is 1. The van der Waals surface area contributed by atoms with E-state index in [2.05, 4.69) is 20.9 Å². The van der Waals surface area contributed by atoms with Crippen LogP contribution in [0.4, 0.5) is 14.6 Å². The van der Waals surface area contributed by atoms with Gasteiger partial charge in [0.15, 0.2) is 17.5 Å². The number of rotatable bonds is 3. The van der Waals surface area contributed by atoms with Gasteiger partial charge in [0.2, 0.25) is 0 Å². The molecule has 0 aliphatic carbocycles. The lowest BCUT2D eigenvalue weighted by molar-refractivity contribution is 0.418. The van der Waals surface area contributed by atoms with Crippen LogP contribution in [0.3, 0.4) is 0 Å². The Hall–Kier alpha value is -1.73. The standard InChI is InChI=1S/C11H8BrF2N3O/c12-6-2-1-3-7(4-6)18-11-9(14)5-8(13)10(16-11)17-15/h1-5H,15H2,(H,16,17). The van der Waals surface area contributed by atoms with Crippen molar-refractivity contribution in [1.82, 2.24) is 4.98 Å². The SMILES string of the molecule is NNc1nc(Oc2cccc(Br)c2)c(F)cc1F. The van der Waals surface area contributed by atoms with Gasteiger partial charge in [0.05, 0.1) is 0 Å². The third-order valence-electron chi connectivity index (χ3n) is 2.04. The summed E-state index contributed by atoms with van der Waals surface area (Å²) in [6, 6.07) is 7.39. The number of benzene rings is 1. The van der Waals surface area contributed by atoms with Crippen molar-refractivity contribution in [2.45, 2.75) is 0 Å². The van der Waals surface area contributed by atoms with Crippen LogP contribution in [-0.2, 0) is 0 Å². The zero-order valence-corrected chi connectivity index (χ0v) is 10.5.